The maximum Gasteiger partial charge on any atom is 0.392 e. The molecule has 2 atom stereocenters. The molecule has 0 heterocycles. The fourth-order valence-corrected chi connectivity index (χ4v) is 10.2. The van der Waals surface area contributed by atoms with Gasteiger partial charge in [-0.15, -0.1) is 0 Å². The van der Waals surface area contributed by atoms with E-state index < -0.39 is 143 Å². The Balaban J connectivity index is 1.26. The first-order valence-electron chi connectivity index (χ1n) is 26.4. The number of halogens is 14. The van der Waals surface area contributed by atoms with Crippen molar-refractivity contribution in [2.45, 2.75) is 76.6 Å². The Kier molecular flexibility index (Phi) is 19.0. The highest BCUT2D eigenvalue weighted by Crippen LogP contribution is 2.51. The van der Waals surface area contributed by atoms with Gasteiger partial charge in [-0.1, -0.05) is 133 Å². The van der Waals surface area contributed by atoms with Crippen molar-refractivity contribution >= 4 is 0 Å². The fraction of sp³-hybridized carbons (Fsp3) is 0.273. The van der Waals surface area contributed by atoms with E-state index in [0.717, 1.165) is 26.4 Å². The molecule has 2 unspecified atom stereocenters. The first-order chi connectivity index (χ1) is 39.3. The van der Waals surface area contributed by atoms with E-state index >= 15 is 26.3 Å². The number of hydrogen-bond acceptors (Lipinski definition) is 3. The number of benzene rings is 8. The van der Waals surface area contributed by atoms with Gasteiger partial charge in [-0.3, -0.25) is 0 Å². The molecule has 0 saturated heterocycles. The van der Waals surface area contributed by atoms with E-state index in [2.05, 4.69) is 0 Å². The second-order valence-electron chi connectivity index (χ2n) is 20.6. The van der Waals surface area contributed by atoms with Gasteiger partial charge in [-0.2, -0.15) is 43.9 Å². The van der Waals surface area contributed by atoms with Crippen molar-refractivity contribution in [1.82, 2.24) is 0 Å². The zero-order valence-corrected chi connectivity index (χ0v) is 45.3. The molecule has 83 heavy (non-hydrogen) atoms. The van der Waals surface area contributed by atoms with Crippen LogP contribution < -0.4 is 4.74 Å². The van der Waals surface area contributed by atoms with Crippen LogP contribution in [0, 0.1) is 49.0 Å². The Hall–Kier alpha value is -7.50. The highest BCUT2D eigenvalue weighted by molar-refractivity contribution is 5.66. The van der Waals surface area contributed by atoms with E-state index in [9.17, 15) is 35.1 Å². The van der Waals surface area contributed by atoms with Gasteiger partial charge >= 0.3 is 24.2 Å². The Bertz CT molecular complexity index is 3300. The van der Waals surface area contributed by atoms with Crippen molar-refractivity contribution in [3.63, 3.8) is 0 Å². The van der Waals surface area contributed by atoms with Gasteiger partial charge in [0.1, 0.15) is 45.9 Å². The Morgan fingerprint density at radius 2 is 0.771 bits per heavy atom. The first kappa shape index (κ1) is 61.6. The third-order valence-corrected chi connectivity index (χ3v) is 14.7. The summed E-state index contributed by atoms with van der Waals surface area (Å²) in [7, 11) is 2.26. The Labute approximate surface area is 471 Å². The summed E-state index contributed by atoms with van der Waals surface area (Å²) in [5.74, 6) is -21.2. The fourth-order valence-electron chi connectivity index (χ4n) is 10.2. The zero-order chi connectivity index (χ0) is 60.0. The maximum absolute atomic E-state index is 17.9. The van der Waals surface area contributed by atoms with Crippen LogP contribution in [0.1, 0.15) is 79.6 Å². The zero-order valence-electron chi connectivity index (χ0n) is 45.3. The quantitative estimate of drug-likeness (QED) is 0.0633. The van der Waals surface area contributed by atoms with Gasteiger partial charge in [0.15, 0.2) is 0 Å². The summed E-state index contributed by atoms with van der Waals surface area (Å²) >= 11 is 0. The molecule has 8 aromatic rings. The molecular weight excluding hydrogens is 1110 g/mol. The molecule has 17 heteroatoms. The van der Waals surface area contributed by atoms with Crippen molar-refractivity contribution in [3.05, 3.63) is 248 Å². The van der Waals surface area contributed by atoms with E-state index in [1.165, 1.54) is 48.5 Å². The number of alkyl halides is 10. The number of methoxy groups -OCH3 is 2. The lowest BCUT2D eigenvalue weighted by Crippen LogP contribution is -2.28. The van der Waals surface area contributed by atoms with Crippen LogP contribution in [0.15, 0.2) is 158 Å². The van der Waals surface area contributed by atoms with Crippen LogP contribution in [0.2, 0.25) is 0 Å². The molecule has 0 aromatic heterocycles. The van der Waals surface area contributed by atoms with E-state index in [1.54, 1.807) is 86.6 Å². The van der Waals surface area contributed by atoms with Gasteiger partial charge in [0.25, 0.3) is 0 Å². The molecule has 0 radical (unpaired) electrons. The molecule has 0 amide bonds. The van der Waals surface area contributed by atoms with Crippen LogP contribution in [-0.4, -0.2) is 39.8 Å². The third kappa shape index (κ3) is 14.1. The van der Waals surface area contributed by atoms with E-state index in [-0.39, 0.29) is 35.1 Å². The molecule has 0 aliphatic heterocycles. The minimum Gasteiger partial charge on any atom is -0.456 e. The van der Waals surface area contributed by atoms with E-state index in [0.29, 0.717) is 57.6 Å². The van der Waals surface area contributed by atoms with Crippen LogP contribution >= 0.6 is 0 Å². The van der Waals surface area contributed by atoms with Crippen LogP contribution in [-0.2, 0) is 47.0 Å². The molecular formula is C66H56F14O3. The molecule has 0 bridgehead atoms. The van der Waals surface area contributed by atoms with Gasteiger partial charge in [0.05, 0.1) is 11.8 Å². The predicted molar refractivity (Wildman–Crippen MR) is 290 cm³/mol. The monoisotopic (exact) mass is 1160 g/mol. The van der Waals surface area contributed by atoms with Crippen molar-refractivity contribution in [2.75, 3.05) is 27.4 Å². The molecule has 8 rings (SSSR count). The molecule has 8 aromatic carbocycles. The van der Waals surface area contributed by atoms with Crippen LogP contribution in [0.5, 0.6) is 11.5 Å². The van der Waals surface area contributed by atoms with Crippen LogP contribution in [0.25, 0.3) is 22.3 Å². The number of aryl methyl sites for hydroxylation is 2. The lowest BCUT2D eigenvalue weighted by Gasteiger charge is -2.28. The van der Waals surface area contributed by atoms with Crippen molar-refractivity contribution in [3.8, 4) is 33.8 Å². The molecule has 0 saturated carbocycles. The lowest BCUT2D eigenvalue weighted by molar-refractivity contribution is -0.179. The highest BCUT2D eigenvalue weighted by atomic mass is 19.4. The topological polar surface area (TPSA) is 27.7 Å². The average Bonchev–Trinajstić information content (AvgIpc) is 1.75. The average molecular weight is 1160 g/mol. The van der Waals surface area contributed by atoms with Crippen LogP contribution in [0.4, 0.5) is 61.5 Å². The summed E-state index contributed by atoms with van der Waals surface area (Å²) in [6.45, 7) is 2.51. The third-order valence-electron chi connectivity index (χ3n) is 14.7. The van der Waals surface area contributed by atoms with Gasteiger partial charge in [0, 0.05) is 49.7 Å². The van der Waals surface area contributed by atoms with Gasteiger partial charge < -0.3 is 14.2 Å². The summed E-state index contributed by atoms with van der Waals surface area (Å²) in [6.07, 6.45) is -14.4. The first-order valence-corrected chi connectivity index (χ1v) is 26.4. The number of hydrogen-bond donors (Lipinski definition) is 0. The van der Waals surface area contributed by atoms with Crippen molar-refractivity contribution < 1.29 is 75.7 Å². The maximum atomic E-state index is 17.9. The van der Waals surface area contributed by atoms with Gasteiger partial charge in [0.2, 0.25) is 0 Å². The summed E-state index contributed by atoms with van der Waals surface area (Å²) in [6, 6.07) is 34.0. The Morgan fingerprint density at radius 1 is 0.410 bits per heavy atom. The number of rotatable bonds is 22. The minimum atomic E-state index is -4.99. The second-order valence-corrected chi connectivity index (χ2v) is 20.6. The molecule has 0 fully saturated rings. The summed E-state index contributed by atoms with van der Waals surface area (Å²) in [5.41, 5.74) is -3.65. The van der Waals surface area contributed by atoms with Crippen molar-refractivity contribution in [2.24, 2.45) is 11.8 Å². The highest BCUT2D eigenvalue weighted by Gasteiger charge is 2.48. The summed E-state index contributed by atoms with van der Waals surface area (Å²) in [5, 5.41) is 0. The predicted octanol–water partition coefficient (Wildman–Crippen LogP) is 19.0. The minimum absolute atomic E-state index is 0.139. The molecule has 0 aliphatic carbocycles. The second kappa shape index (κ2) is 25.6. The number of ether oxygens (including phenoxy) is 3. The molecule has 0 N–H and O–H groups in total. The smallest absolute Gasteiger partial charge is 0.392 e. The summed E-state index contributed by atoms with van der Waals surface area (Å²) < 4.78 is 239. The van der Waals surface area contributed by atoms with E-state index in [4.69, 9.17) is 14.2 Å². The van der Waals surface area contributed by atoms with Crippen molar-refractivity contribution in [1.29, 1.82) is 0 Å². The Morgan fingerprint density at radius 3 is 1.11 bits per heavy atom. The SMILES string of the molecule is COCCC(Cc1ccc(Oc2ccc(CC(CCOC)C(F)(F)F)c(F)c2C(F)(F)c2ccccc2Cc2ccc(-c3ccc(C)cc3F)cc2)c(C(F)(F)c2ccccc2Cc2ccc(-c3ccc(C)cc3F)cc2)c1F)C(F)(F)F. The normalized spacial score (nSPS) is 13.1. The molecule has 0 spiro atoms. The van der Waals surface area contributed by atoms with Crippen LogP contribution in [0.3, 0.4) is 0 Å². The molecule has 0 aliphatic rings. The lowest BCUT2D eigenvalue weighted by atomic mass is 9.88. The van der Waals surface area contributed by atoms with Gasteiger partial charge in [-0.25, -0.2) is 17.6 Å². The van der Waals surface area contributed by atoms with Gasteiger partial charge in [-0.05, 0) is 132 Å². The standard InChI is InChI=1S/C66H56F14O3/c1-39-13-25-51(55(67)33-39)43-19-15-41(16-20-43)35-45-9-5-7-11-53(45)63(71,72)59-57(27-23-47(61(59)69)37-49(29-31-81-3)65(75,76)77)83-58-28-24-48(38-50(30-32-82-4)66(78,79)80)62(70)60(58)64(73,74)54-12-8-6-10-46(54)36-42-17-21-44(22-18-42)52-26-14-40(2)34-56(52)68/h5-28,33-34,49-50H,29-32,35-38H2,1-4H3. The van der Waals surface area contributed by atoms with E-state index in [1.807, 2.05) is 0 Å². The molecule has 436 valence electrons. The largest absolute Gasteiger partial charge is 0.456 e. The summed E-state index contributed by atoms with van der Waals surface area (Å²) in [4.78, 5) is 0. The molecule has 3 nitrogen and oxygen atoms in total.